The normalized spacial score (nSPS) is 24.5. The number of methoxy groups -OCH3 is 1. The number of allylic oxidation sites excluding steroid dienone is 2. The van der Waals surface area contributed by atoms with E-state index in [0.717, 1.165) is 18.8 Å². The van der Waals surface area contributed by atoms with E-state index in [4.69, 9.17) is 4.74 Å². The van der Waals surface area contributed by atoms with Crippen LogP contribution in [0.1, 0.15) is 26.3 Å². The number of benzene rings is 1. The highest BCUT2D eigenvalue weighted by Crippen LogP contribution is 2.44. The van der Waals surface area contributed by atoms with E-state index in [-0.39, 0.29) is 10.8 Å². The zero-order chi connectivity index (χ0) is 16.2. The number of aliphatic hydroxyl groups is 1. The number of ether oxygens (including phenoxy) is 1. The maximum absolute atomic E-state index is 10.5. The van der Waals surface area contributed by atoms with E-state index in [2.05, 4.69) is 38.2 Å². The van der Waals surface area contributed by atoms with Crippen molar-refractivity contribution in [2.75, 3.05) is 13.7 Å². The lowest BCUT2D eigenvalue weighted by atomic mass is 9.61. The lowest BCUT2D eigenvalue weighted by molar-refractivity contribution is 0.0103. The van der Waals surface area contributed by atoms with Crippen molar-refractivity contribution in [1.29, 1.82) is 0 Å². The fourth-order valence-corrected chi connectivity index (χ4v) is 2.99. The van der Waals surface area contributed by atoms with Crippen LogP contribution in [0.25, 0.3) is 0 Å². The molecule has 120 valence electrons. The summed E-state index contributed by atoms with van der Waals surface area (Å²) in [4.78, 5) is 0. The zero-order valence-corrected chi connectivity index (χ0v) is 14.0. The summed E-state index contributed by atoms with van der Waals surface area (Å²) >= 11 is 0. The molecular weight excluding hydrogens is 274 g/mol. The van der Waals surface area contributed by atoms with E-state index in [1.807, 2.05) is 36.4 Å². The van der Waals surface area contributed by atoms with Gasteiger partial charge in [-0.05, 0) is 23.1 Å². The molecular formula is C19H27NO2. The highest BCUT2D eigenvalue weighted by molar-refractivity contribution is 5.29. The molecule has 1 aromatic rings. The number of hydrogen-bond donors (Lipinski definition) is 2. The van der Waals surface area contributed by atoms with E-state index in [9.17, 15) is 5.11 Å². The van der Waals surface area contributed by atoms with Crippen LogP contribution in [0.3, 0.4) is 0 Å². The predicted octanol–water partition coefficient (Wildman–Crippen LogP) is 3.30. The Bertz CT molecular complexity index is 557. The molecule has 1 aromatic carbocycles. The Morgan fingerprint density at radius 3 is 2.68 bits per heavy atom. The molecule has 0 amide bonds. The van der Waals surface area contributed by atoms with Crippen molar-refractivity contribution in [1.82, 2.24) is 5.32 Å². The van der Waals surface area contributed by atoms with E-state index in [0.29, 0.717) is 0 Å². The third-order valence-electron chi connectivity index (χ3n) is 4.60. The molecule has 0 bridgehead atoms. The molecule has 0 aliphatic heterocycles. The van der Waals surface area contributed by atoms with Crippen LogP contribution in [-0.2, 0) is 6.54 Å². The van der Waals surface area contributed by atoms with Gasteiger partial charge in [-0.15, -0.1) is 0 Å². The first-order valence-electron chi connectivity index (χ1n) is 7.77. The van der Waals surface area contributed by atoms with Gasteiger partial charge in [-0.2, -0.15) is 0 Å². The lowest BCUT2D eigenvalue weighted by Crippen LogP contribution is -2.50. The van der Waals surface area contributed by atoms with Crippen LogP contribution in [0.4, 0.5) is 0 Å². The van der Waals surface area contributed by atoms with Crippen LogP contribution in [0.5, 0.6) is 5.75 Å². The van der Waals surface area contributed by atoms with Gasteiger partial charge in [0.2, 0.25) is 0 Å². The van der Waals surface area contributed by atoms with Crippen molar-refractivity contribution in [3.8, 4) is 5.75 Å². The highest BCUT2D eigenvalue weighted by atomic mass is 16.5. The second-order valence-electron chi connectivity index (χ2n) is 6.93. The Labute approximate surface area is 133 Å². The van der Waals surface area contributed by atoms with Gasteiger partial charge in [0.25, 0.3) is 0 Å². The summed E-state index contributed by atoms with van der Waals surface area (Å²) < 4.78 is 5.25. The molecule has 3 nitrogen and oxygen atoms in total. The molecule has 0 spiro atoms. The number of aliphatic hydroxyl groups excluding tert-OH is 1. The monoisotopic (exact) mass is 301 g/mol. The maximum Gasteiger partial charge on any atom is 0.119 e. The second-order valence-corrected chi connectivity index (χ2v) is 6.93. The molecule has 1 aliphatic carbocycles. The molecule has 2 atom stereocenters. The molecule has 22 heavy (non-hydrogen) atoms. The van der Waals surface area contributed by atoms with Crippen LogP contribution < -0.4 is 10.1 Å². The summed E-state index contributed by atoms with van der Waals surface area (Å²) in [5, 5.41) is 14.0. The number of nitrogens with one attached hydrogen (secondary N) is 1. The second kappa shape index (κ2) is 6.67. The standard InChI is InChI=1S/C19H27NO2/c1-18(2,3)19(11-6-5-10-17(19)21)14-20-13-15-8-7-9-16(12-15)22-4/h5-12,17,20-21H,13-14H2,1-4H3. The van der Waals surface area contributed by atoms with Crippen LogP contribution in [0, 0.1) is 10.8 Å². The Morgan fingerprint density at radius 1 is 1.27 bits per heavy atom. The van der Waals surface area contributed by atoms with Gasteiger partial charge in [0.1, 0.15) is 5.75 Å². The third kappa shape index (κ3) is 3.42. The highest BCUT2D eigenvalue weighted by Gasteiger charge is 2.45. The molecule has 0 saturated carbocycles. The topological polar surface area (TPSA) is 41.5 Å². The molecule has 0 radical (unpaired) electrons. The molecule has 1 aliphatic rings. The third-order valence-corrected chi connectivity index (χ3v) is 4.60. The van der Waals surface area contributed by atoms with Crippen molar-refractivity contribution >= 4 is 0 Å². The van der Waals surface area contributed by atoms with Crippen molar-refractivity contribution in [2.24, 2.45) is 10.8 Å². The molecule has 0 aromatic heterocycles. The fraction of sp³-hybridized carbons (Fsp3) is 0.474. The minimum atomic E-state index is -0.477. The average Bonchev–Trinajstić information content (AvgIpc) is 2.48. The fourth-order valence-electron chi connectivity index (χ4n) is 2.99. The minimum Gasteiger partial charge on any atom is -0.497 e. The molecule has 2 unspecified atom stereocenters. The first-order chi connectivity index (χ1) is 10.4. The summed E-state index contributed by atoms with van der Waals surface area (Å²) in [6, 6.07) is 8.04. The van der Waals surface area contributed by atoms with E-state index in [1.54, 1.807) is 7.11 Å². The molecule has 0 saturated heterocycles. The Morgan fingerprint density at radius 2 is 2.05 bits per heavy atom. The van der Waals surface area contributed by atoms with E-state index < -0.39 is 6.10 Å². The summed E-state index contributed by atoms with van der Waals surface area (Å²) in [6.45, 7) is 7.99. The van der Waals surface area contributed by atoms with Gasteiger partial charge in [-0.25, -0.2) is 0 Å². The molecule has 2 N–H and O–H groups in total. The van der Waals surface area contributed by atoms with Gasteiger partial charge >= 0.3 is 0 Å². The first-order valence-corrected chi connectivity index (χ1v) is 7.77. The Balaban J connectivity index is 2.07. The lowest BCUT2D eigenvalue weighted by Gasteiger charge is -2.46. The average molecular weight is 301 g/mol. The summed E-state index contributed by atoms with van der Waals surface area (Å²) in [7, 11) is 1.68. The molecule has 3 heteroatoms. The molecule has 0 fully saturated rings. The van der Waals surface area contributed by atoms with Crippen LogP contribution in [0.15, 0.2) is 48.6 Å². The van der Waals surface area contributed by atoms with E-state index in [1.165, 1.54) is 5.56 Å². The largest absolute Gasteiger partial charge is 0.497 e. The van der Waals surface area contributed by atoms with Crippen LogP contribution in [-0.4, -0.2) is 24.9 Å². The van der Waals surface area contributed by atoms with Crippen LogP contribution in [0.2, 0.25) is 0 Å². The molecule has 0 heterocycles. The Kier molecular flexibility index (Phi) is 5.09. The van der Waals surface area contributed by atoms with Gasteiger partial charge < -0.3 is 15.2 Å². The van der Waals surface area contributed by atoms with Crippen LogP contribution >= 0.6 is 0 Å². The minimum absolute atomic E-state index is 0.0466. The van der Waals surface area contributed by atoms with Gasteiger partial charge in [0.05, 0.1) is 13.2 Å². The SMILES string of the molecule is COc1cccc(CNCC2(C(C)(C)C)C=CC=CC2O)c1. The van der Waals surface area contributed by atoms with Gasteiger partial charge in [-0.1, -0.05) is 57.2 Å². The van der Waals surface area contributed by atoms with Gasteiger partial charge in [0.15, 0.2) is 0 Å². The summed E-state index contributed by atoms with van der Waals surface area (Å²) in [5.74, 6) is 0.866. The van der Waals surface area contributed by atoms with Crippen molar-refractivity contribution < 1.29 is 9.84 Å². The van der Waals surface area contributed by atoms with Gasteiger partial charge in [0, 0.05) is 18.5 Å². The quantitative estimate of drug-likeness (QED) is 0.877. The first kappa shape index (κ1) is 16.8. The number of hydrogen-bond acceptors (Lipinski definition) is 3. The Hall–Kier alpha value is -1.58. The van der Waals surface area contributed by atoms with Gasteiger partial charge in [-0.3, -0.25) is 0 Å². The maximum atomic E-state index is 10.5. The van der Waals surface area contributed by atoms with E-state index >= 15 is 0 Å². The number of rotatable bonds is 5. The van der Waals surface area contributed by atoms with Crippen molar-refractivity contribution in [2.45, 2.75) is 33.4 Å². The predicted molar refractivity (Wildman–Crippen MR) is 90.9 cm³/mol. The van der Waals surface area contributed by atoms with Crippen molar-refractivity contribution in [3.63, 3.8) is 0 Å². The zero-order valence-electron chi connectivity index (χ0n) is 14.0. The smallest absolute Gasteiger partial charge is 0.119 e. The van der Waals surface area contributed by atoms with Crippen molar-refractivity contribution in [3.05, 3.63) is 54.1 Å². The summed E-state index contributed by atoms with van der Waals surface area (Å²) in [5.41, 5.74) is 0.823. The summed E-state index contributed by atoms with van der Waals surface area (Å²) in [6.07, 6.45) is 7.48. The molecule has 2 rings (SSSR count).